The van der Waals surface area contributed by atoms with Gasteiger partial charge in [0.25, 0.3) is 11.8 Å². The van der Waals surface area contributed by atoms with Crippen LogP contribution in [0.4, 0.5) is 11.6 Å². The Labute approximate surface area is 212 Å². The molecule has 2 aromatic carbocycles. The van der Waals surface area contributed by atoms with Crippen LogP contribution in [-0.2, 0) is 0 Å². The Morgan fingerprint density at radius 3 is 2.40 bits per heavy atom. The van der Waals surface area contributed by atoms with Crippen LogP contribution in [0.3, 0.4) is 0 Å². The van der Waals surface area contributed by atoms with Crippen LogP contribution in [0.15, 0.2) is 48.7 Å². The van der Waals surface area contributed by atoms with Crippen molar-refractivity contribution in [3.63, 3.8) is 0 Å². The molecule has 1 aliphatic heterocycles. The van der Waals surface area contributed by atoms with Gasteiger partial charge in [-0.3, -0.25) is 14.8 Å². The molecule has 11 heteroatoms. The van der Waals surface area contributed by atoms with Gasteiger partial charge in [0.15, 0.2) is 5.82 Å². The third kappa shape index (κ3) is 5.32. The van der Waals surface area contributed by atoms with Crippen molar-refractivity contribution in [2.24, 2.45) is 0 Å². The van der Waals surface area contributed by atoms with Crippen molar-refractivity contribution in [1.29, 1.82) is 0 Å². The maximum atomic E-state index is 12.8. The molecule has 0 bridgehead atoms. The highest BCUT2D eigenvalue weighted by Gasteiger charge is 2.32. The number of nitrogens with two attached hydrogens (primary N) is 1. The number of halogens is 2. The summed E-state index contributed by atoms with van der Waals surface area (Å²) in [4.78, 5) is 35.5. The van der Waals surface area contributed by atoms with Gasteiger partial charge in [-0.1, -0.05) is 41.4 Å². The lowest BCUT2D eigenvalue weighted by atomic mass is 9.89. The van der Waals surface area contributed by atoms with E-state index in [4.69, 9.17) is 34.1 Å². The number of hydrogen-bond acceptors (Lipinski definition) is 7. The van der Waals surface area contributed by atoms with E-state index in [9.17, 15) is 9.59 Å². The Bertz CT molecular complexity index is 1280. The first-order valence-corrected chi connectivity index (χ1v) is 11.7. The van der Waals surface area contributed by atoms with Crippen molar-refractivity contribution in [3.8, 4) is 11.3 Å². The number of nitrogens with one attached hydrogen (secondary N) is 2. The largest absolute Gasteiger partial charge is 0.382 e. The molecule has 0 saturated carbocycles. The fourth-order valence-electron chi connectivity index (χ4n) is 4.01. The smallest absolute Gasteiger partial charge is 0.274 e. The first-order valence-electron chi connectivity index (χ1n) is 10.9. The normalized spacial score (nSPS) is 14.9. The van der Waals surface area contributed by atoms with Crippen LogP contribution in [0, 0.1) is 0 Å². The molecule has 35 heavy (non-hydrogen) atoms. The molecule has 0 spiro atoms. The van der Waals surface area contributed by atoms with Gasteiger partial charge in [0, 0.05) is 35.3 Å². The highest BCUT2D eigenvalue weighted by Crippen LogP contribution is 2.35. The summed E-state index contributed by atoms with van der Waals surface area (Å²) in [7, 11) is 0. The van der Waals surface area contributed by atoms with Gasteiger partial charge in [-0.15, -0.1) is 0 Å². The summed E-state index contributed by atoms with van der Waals surface area (Å²) in [6.07, 6.45) is 2.99. The van der Waals surface area contributed by atoms with Crippen LogP contribution in [0.1, 0.15) is 40.5 Å². The van der Waals surface area contributed by atoms with E-state index in [-0.39, 0.29) is 17.3 Å². The number of carbonyl (C=O) groups excluding carboxylic acids is 2. The number of piperidine rings is 1. The maximum absolute atomic E-state index is 12.8. The highest BCUT2D eigenvalue weighted by atomic mass is 35.5. The number of nitrogens with zero attached hydrogens (tertiary/aromatic N) is 3. The molecule has 9 nitrogen and oxygen atoms in total. The van der Waals surface area contributed by atoms with E-state index in [0.717, 1.165) is 0 Å². The number of nitrogen functional groups attached to an aromatic ring is 1. The molecule has 5 N–H and O–H groups in total. The average molecular weight is 515 g/mol. The highest BCUT2D eigenvalue weighted by molar-refractivity contribution is 6.43. The number of hydroxylamine groups is 1. The Kier molecular flexibility index (Phi) is 7.11. The Hall–Kier alpha value is -3.40. The molecule has 0 unspecified atom stereocenters. The van der Waals surface area contributed by atoms with Gasteiger partial charge in [-0.25, -0.2) is 15.4 Å². The van der Waals surface area contributed by atoms with Gasteiger partial charge < -0.3 is 16.0 Å². The summed E-state index contributed by atoms with van der Waals surface area (Å²) in [5, 5.41) is 12.7. The van der Waals surface area contributed by atoms with Crippen LogP contribution < -0.4 is 21.4 Å². The summed E-state index contributed by atoms with van der Waals surface area (Å²) < 4.78 is 0. The predicted octanol–water partition coefficient (Wildman–Crippen LogP) is 3.94. The standard InChI is InChI=1S/C24H24Cl2N6O3/c1-24(30-22(33)14-4-2-5-15(12-14)23(34)31-35)8-10-32(11-9-24)18-13-28-20(21(27)29-18)16-6-3-7-17(25)19(16)26/h2-7,12-13,35H,8-11H2,1H3,(H2,27,29)(H,30,33)(H,31,34). The number of aromatic nitrogens is 2. The van der Waals surface area contributed by atoms with Crippen LogP contribution >= 0.6 is 23.2 Å². The predicted molar refractivity (Wildman–Crippen MR) is 135 cm³/mol. The van der Waals surface area contributed by atoms with Crippen molar-refractivity contribution in [3.05, 3.63) is 69.8 Å². The Morgan fingerprint density at radius 2 is 1.74 bits per heavy atom. The lowest BCUT2D eigenvalue weighted by molar-refractivity contribution is 0.0706. The molecule has 2 amide bonds. The van der Waals surface area contributed by atoms with Crippen LogP contribution in [0.2, 0.25) is 10.0 Å². The molecule has 4 rings (SSSR count). The Morgan fingerprint density at radius 1 is 1.09 bits per heavy atom. The summed E-state index contributed by atoms with van der Waals surface area (Å²) >= 11 is 12.4. The molecular formula is C24H24Cl2N6O3. The summed E-state index contributed by atoms with van der Waals surface area (Å²) in [6, 6.07) is 11.4. The number of anilines is 2. The van der Waals surface area contributed by atoms with E-state index in [2.05, 4.69) is 20.2 Å². The molecule has 3 aromatic rings. The van der Waals surface area contributed by atoms with Crippen LogP contribution in [0.5, 0.6) is 0 Å². The second kappa shape index (κ2) is 10.1. The molecule has 1 fully saturated rings. The quantitative estimate of drug-likeness (QED) is 0.299. The summed E-state index contributed by atoms with van der Waals surface area (Å²) in [6.45, 7) is 3.25. The van der Waals surface area contributed by atoms with Gasteiger partial charge in [-0.05, 0) is 44.0 Å². The minimum atomic E-state index is -0.678. The van der Waals surface area contributed by atoms with Gasteiger partial charge in [0.2, 0.25) is 0 Å². The Balaban J connectivity index is 1.43. The zero-order valence-electron chi connectivity index (χ0n) is 18.9. The molecule has 0 radical (unpaired) electrons. The fraction of sp³-hybridized carbons (Fsp3) is 0.250. The lowest BCUT2D eigenvalue weighted by Gasteiger charge is -2.40. The van der Waals surface area contributed by atoms with Crippen molar-refractivity contribution in [2.45, 2.75) is 25.3 Å². The van der Waals surface area contributed by atoms with Crippen molar-refractivity contribution in [2.75, 3.05) is 23.7 Å². The van der Waals surface area contributed by atoms with E-state index in [0.29, 0.717) is 58.6 Å². The van der Waals surface area contributed by atoms with E-state index in [1.54, 1.807) is 42.0 Å². The second-order valence-electron chi connectivity index (χ2n) is 8.59. The van der Waals surface area contributed by atoms with E-state index in [1.807, 2.05) is 6.92 Å². The van der Waals surface area contributed by atoms with E-state index >= 15 is 0 Å². The van der Waals surface area contributed by atoms with E-state index in [1.165, 1.54) is 12.1 Å². The minimum absolute atomic E-state index is 0.193. The topological polar surface area (TPSA) is 133 Å². The van der Waals surface area contributed by atoms with Gasteiger partial charge in [0.1, 0.15) is 11.5 Å². The van der Waals surface area contributed by atoms with Crippen molar-refractivity contribution >= 4 is 46.7 Å². The average Bonchev–Trinajstić information content (AvgIpc) is 2.86. The number of rotatable bonds is 5. The number of benzene rings is 2. The molecule has 0 atom stereocenters. The monoisotopic (exact) mass is 514 g/mol. The van der Waals surface area contributed by atoms with Crippen LogP contribution in [0.25, 0.3) is 11.3 Å². The molecular weight excluding hydrogens is 491 g/mol. The first kappa shape index (κ1) is 24.7. The number of hydrogen-bond donors (Lipinski definition) is 4. The first-order chi connectivity index (χ1) is 16.7. The summed E-state index contributed by atoms with van der Waals surface area (Å²) in [5.41, 5.74) is 8.94. The molecule has 1 aromatic heterocycles. The molecule has 182 valence electrons. The molecule has 1 aliphatic rings. The summed E-state index contributed by atoms with van der Waals surface area (Å²) in [5.74, 6) is -0.0795. The van der Waals surface area contributed by atoms with Gasteiger partial charge in [0.05, 0.1) is 16.2 Å². The van der Waals surface area contributed by atoms with Crippen molar-refractivity contribution < 1.29 is 14.8 Å². The molecule has 2 heterocycles. The third-order valence-corrected chi connectivity index (χ3v) is 6.91. The van der Waals surface area contributed by atoms with Crippen LogP contribution in [-0.4, -0.2) is 45.6 Å². The molecule has 0 aliphatic carbocycles. The molecule has 1 saturated heterocycles. The minimum Gasteiger partial charge on any atom is -0.382 e. The zero-order valence-corrected chi connectivity index (χ0v) is 20.4. The zero-order chi connectivity index (χ0) is 25.2. The number of amides is 2. The third-order valence-electron chi connectivity index (χ3n) is 6.09. The van der Waals surface area contributed by atoms with Gasteiger partial charge in [-0.2, -0.15) is 0 Å². The van der Waals surface area contributed by atoms with E-state index < -0.39 is 11.4 Å². The van der Waals surface area contributed by atoms with Gasteiger partial charge >= 0.3 is 0 Å². The fourth-order valence-corrected chi connectivity index (χ4v) is 4.40. The SMILES string of the molecule is CC1(NC(=O)c2cccc(C(=O)NO)c2)CCN(c2cnc(-c3cccc(Cl)c3Cl)c(N)n2)CC1. The van der Waals surface area contributed by atoms with Crippen molar-refractivity contribution in [1.82, 2.24) is 20.8 Å². The lowest BCUT2D eigenvalue weighted by Crippen LogP contribution is -2.53. The second-order valence-corrected chi connectivity index (χ2v) is 9.37. The maximum Gasteiger partial charge on any atom is 0.274 e. The number of carbonyl (C=O) groups is 2.